The van der Waals surface area contributed by atoms with Crippen LogP contribution < -0.4 is 5.32 Å². The lowest BCUT2D eigenvalue weighted by molar-refractivity contribution is -0.149. The normalized spacial score (nSPS) is 28.6. The van der Waals surface area contributed by atoms with Crippen molar-refractivity contribution >= 4 is 5.97 Å². The van der Waals surface area contributed by atoms with Crippen molar-refractivity contribution in [2.75, 3.05) is 13.2 Å². The molecule has 106 valence electrons. The summed E-state index contributed by atoms with van der Waals surface area (Å²) in [5.74, 6) is -0.915. The zero-order valence-electron chi connectivity index (χ0n) is 10.6. The Morgan fingerprint density at radius 1 is 1.61 bits per heavy atom. The fourth-order valence-corrected chi connectivity index (χ4v) is 2.37. The van der Waals surface area contributed by atoms with Gasteiger partial charge in [0.2, 0.25) is 0 Å². The maximum absolute atomic E-state index is 12.1. The van der Waals surface area contributed by atoms with E-state index in [0.29, 0.717) is 25.8 Å². The van der Waals surface area contributed by atoms with E-state index in [0.717, 1.165) is 6.42 Å². The maximum atomic E-state index is 12.1. The molecular formula is C12H21F2NO3. The van der Waals surface area contributed by atoms with Gasteiger partial charge in [-0.15, -0.1) is 0 Å². The average Bonchev–Trinajstić information content (AvgIpc) is 2.34. The van der Waals surface area contributed by atoms with E-state index in [2.05, 4.69) is 5.32 Å². The zero-order chi connectivity index (χ0) is 13.6. The van der Waals surface area contributed by atoms with Crippen molar-refractivity contribution in [3.8, 4) is 0 Å². The van der Waals surface area contributed by atoms with Gasteiger partial charge in [-0.05, 0) is 32.2 Å². The van der Waals surface area contributed by atoms with Crippen molar-refractivity contribution in [2.45, 2.75) is 57.1 Å². The minimum Gasteiger partial charge on any atom is -0.480 e. The summed E-state index contributed by atoms with van der Waals surface area (Å²) in [6, 6.07) is 0. The van der Waals surface area contributed by atoms with Crippen molar-refractivity contribution in [1.29, 1.82) is 0 Å². The van der Waals surface area contributed by atoms with Crippen LogP contribution in [-0.4, -0.2) is 42.3 Å². The van der Waals surface area contributed by atoms with E-state index in [4.69, 9.17) is 4.74 Å². The molecule has 0 saturated heterocycles. The first-order valence-corrected chi connectivity index (χ1v) is 6.38. The van der Waals surface area contributed by atoms with Gasteiger partial charge in [-0.3, -0.25) is 4.79 Å². The second kappa shape index (κ2) is 6.99. The highest BCUT2D eigenvalue weighted by Gasteiger charge is 2.42. The second-order valence-corrected chi connectivity index (χ2v) is 4.76. The lowest BCUT2D eigenvalue weighted by atomic mass is 9.80. The standard InChI is InChI=1S/C12H21F2NO3/c1-2-6-15-12(11(16)17)5-3-4-9(7-12)18-8-10(13)14/h9-10,15H,2-8H2,1H3,(H,16,17). The van der Waals surface area contributed by atoms with Crippen molar-refractivity contribution in [1.82, 2.24) is 5.32 Å². The molecule has 6 heteroatoms. The summed E-state index contributed by atoms with van der Waals surface area (Å²) in [5.41, 5.74) is -1.01. The molecule has 1 fully saturated rings. The van der Waals surface area contributed by atoms with Gasteiger partial charge in [0.1, 0.15) is 12.1 Å². The van der Waals surface area contributed by atoms with Crippen LogP contribution in [0.1, 0.15) is 39.0 Å². The summed E-state index contributed by atoms with van der Waals surface area (Å²) in [6.45, 7) is 1.94. The number of halogens is 2. The molecule has 18 heavy (non-hydrogen) atoms. The smallest absolute Gasteiger partial charge is 0.323 e. The van der Waals surface area contributed by atoms with Crippen LogP contribution in [0.2, 0.25) is 0 Å². The SMILES string of the molecule is CCCNC1(C(=O)O)CCCC(OCC(F)F)C1. The minimum atomic E-state index is -2.50. The molecule has 1 aliphatic rings. The second-order valence-electron chi connectivity index (χ2n) is 4.76. The molecule has 0 aliphatic heterocycles. The van der Waals surface area contributed by atoms with E-state index >= 15 is 0 Å². The third-order valence-electron chi connectivity index (χ3n) is 3.29. The molecule has 0 bridgehead atoms. The predicted molar refractivity (Wildman–Crippen MR) is 62.9 cm³/mol. The summed E-state index contributed by atoms with van der Waals surface area (Å²) in [6.07, 6.45) is 0.0404. The number of ether oxygens (including phenoxy) is 1. The topological polar surface area (TPSA) is 58.6 Å². The number of hydrogen-bond donors (Lipinski definition) is 2. The number of carboxylic acids is 1. The minimum absolute atomic E-state index is 0.259. The fraction of sp³-hybridized carbons (Fsp3) is 0.917. The molecule has 1 aliphatic carbocycles. The number of alkyl halides is 2. The van der Waals surface area contributed by atoms with Crippen LogP contribution in [0.3, 0.4) is 0 Å². The first-order valence-electron chi connectivity index (χ1n) is 6.38. The third kappa shape index (κ3) is 4.17. The van der Waals surface area contributed by atoms with Crippen molar-refractivity contribution in [3.63, 3.8) is 0 Å². The van der Waals surface area contributed by atoms with Crippen LogP contribution >= 0.6 is 0 Å². The Hall–Kier alpha value is -0.750. The highest BCUT2D eigenvalue weighted by molar-refractivity contribution is 5.79. The molecule has 0 radical (unpaired) electrons. The first kappa shape index (κ1) is 15.3. The van der Waals surface area contributed by atoms with E-state index in [-0.39, 0.29) is 6.42 Å². The van der Waals surface area contributed by atoms with Crippen LogP contribution in [0.5, 0.6) is 0 Å². The summed E-state index contributed by atoms with van der Waals surface area (Å²) >= 11 is 0. The monoisotopic (exact) mass is 265 g/mol. The van der Waals surface area contributed by atoms with Crippen LogP contribution in [0, 0.1) is 0 Å². The summed E-state index contributed by atoms with van der Waals surface area (Å²) < 4.78 is 29.2. The summed E-state index contributed by atoms with van der Waals surface area (Å²) in [5, 5.41) is 12.4. The molecule has 4 nitrogen and oxygen atoms in total. The highest BCUT2D eigenvalue weighted by Crippen LogP contribution is 2.30. The van der Waals surface area contributed by atoms with Crippen molar-refractivity contribution < 1.29 is 23.4 Å². The predicted octanol–water partition coefficient (Wildman–Crippen LogP) is 2.03. The third-order valence-corrected chi connectivity index (χ3v) is 3.29. The Morgan fingerprint density at radius 3 is 2.89 bits per heavy atom. The molecule has 0 aromatic carbocycles. The van der Waals surface area contributed by atoms with Gasteiger partial charge in [-0.1, -0.05) is 6.92 Å². The number of hydrogen-bond acceptors (Lipinski definition) is 3. The summed E-state index contributed by atoms with van der Waals surface area (Å²) in [4.78, 5) is 11.4. The van der Waals surface area contributed by atoms with E-state index in [9.17, 15) is 18.7 Å². The number of rotatable bonds is 7. The maximum Gasteiger partial charge on any atom is 0.323 e. The molecule has 0 spiro atoms. The van der Waals surface area contributed by atoms with Gasteiger partial charge < -0.3 is 15.2 Å². The molecule has 2 atom stereocenters. The molecule has 0 aromatic heterocycles. The van der Waals surface area contributed by atoms with Gasteiger partial charge in [0.05, 0.1) is 6.10 Å². The number of aliphatic carboxylic acids is 1. The molecule has 1 saturated carbocycles. The van der Waals surface area contributed by atoms with E-state index in [1.807, 2.05) is 6.92 Å². The van der Waals surface area contributed by atoms with E-state index < -0.39 is 30.6 Å². The Bertz CT molecular complexity index is 276. The quantitative estimate of drug-likeness (QED) is 0.739. The van der Waals surface area contributed by atoms with Crippen molar-refractivity contribution in [2.24, 2.45) is 0 Å². The number of carbonyl (C=O) groups is 1. The first-order chi connectivity index (χ1) is 8.50. The zero-order valence-corrected chi connectivity index (χ0v) is 10.6. The van der Waals surface area contributed by atoms with E-state index in [1.165, 1.54) is 0 Å². The van der Waals surface area contributed by atoms with Crippen LogP contribution in [0.4, 0.5) is 8.78 Å². The van der Waals surface area contributed by atoms with Gasteiger partial charge in [0, 0.05) is 6.42 Å². The van der Waals surface area contributed by atoms with Crippen molar-refractivity contribution in [3.05, 3.63) is 0 Å². The average molecular weight is 265 g/mol. The Morgan fingerprint density at radius 2 is 2.33 bits per heavy atom. The highest BCUT2D eigenvalue weighted by atomic mass is 19.3. The fourth-order valence-electron chi connectivity index (χ4n) is 2.37. The largest absolute Gasteiger partial charge is 0.480 e. The van der Waals surface area contributed by atoms with Gasteiger partial charge in [-0.2, -0.15) is 0 Å². The van der Waals surface area contributed by atoms with Crippen LogP contribution in [0.15, 0.2) is 0 Å². The lowest BCUT2D eigenvalue weighted by Gasteiger charge is -2.38. The van der Waals surface area contributed by atoms with Crippen LogP contribution in [0.25, 0.3) is 0 Å². The number of nitrogens with one attached hydrogen (secondary N) is 1. The van der Waals surface area contributed by atoms with Gasteiger partial charge >= 0.3 is 5.97 Å². The van der Waals surface area contributed by atoms with Crippen LogP contribution in [-0.2, 0) is 9.53 Å². The Labute approximate surface area is 106 Å². The molecule has 2 unspecified atom stereocenters. The molecule has 2 N–H and O–H groups in total. The molecular weight excluding hydrogens is 244 g/mol. The lowest BCUT2D eigenvalue weighted by Crippen LogP contribution is -2.56. The van der Waals surface area contributed by atoms with Gasteiger partial charge in [-0.25, -0.2) is 8.78 Å². The van der Waals surface area contributed by atoms with Gasteiger partial charge in [0.25, 0.3) is 6.43 Å². The molecule has 0 aromatic rings. The molecule has 1 rings (SSSR count). The number of carboxylic acid groups (broad SMARTS) is 1. The van der Waals surface area contributed by atoms with Gasteiger partial charge in [0.15, 0.2) is 0 Å². The molecule has 0 amide bonds. The Balaban J connectivity index is 2.58. The van der Waals surface area contributed by atoms with E-state index in [1.54, 1.807) is 0 Å². The Kier molecular flexibility index (Phi) is 5.95. The summed E-state index contributed by atoms with van der Waals surface area (Å²) in [7, 11) is 0. The molecule has 0 heterocycles.